The minimum absolute atomic E-state index is 0.0188. The Morgan fingerprint density at radius 3 is 2.50 bits per heavy atom. The van der Waals surface area contributed by atoms with Gasteiger partial charge in [0.05, 0.1) is 23.7 Å². The third-order valence-corrected chi connectivity index (χ3v) is 5.83. The van der Waals surface area contributed by atoms with E-state index in [1.807, 2.05) is 6.07 Å². The predicted molar refractivity (Wildman–Crippen MR) is 116 cm³/mol. The minimum atomic E-state index is -4.65. The molecule has 32 heavy (non-hydrogen) atoms. The van der Waals surface area contributed by atoms with Crippen molar-refractivity contribution in [1.82, 2.24) is 9.71 Å². The van der Waals surface area contributed by atoms with E-state index in [2.05, 4.69) is 9.71 Å². The number of aryl methyl sites for hydroxylation is 1. The molecule has 11 heteroatoms. The number of aromatic nitrogens is 1. The first-order chi connectivity index (χ1) is 15.1. The Balaban J connectivity index is 2.03. The van der Waals surface area contributed by atoms with Gasteiger partial charge in [0.1, 0.15) is 11.5 Å². The average molecular weight is 481 g/mol. The monoisotopic (exact) mass is 480 g/mol. The topological polar surface area (TPSA) is 69.0 Å². The zero-order valence-corrected chi connectivity index (χ0v) is 18.5. The van der Waals surface area contributed by atoms with E-state index in [-0.39, 0.29) is 17.8 Å². The number of benzene rings is 2. The zero-order chi connectivity index (χ0) is 23.5. The quantitative estimate of drug-likeness (QED) is 0.355. The lowest BCUT2D eigenvalue weighted by molar-refractivity contribution is -0.137. The Kier molecular flexibility index (Phi) is 7.06. The van der Waals surface area contributed by atoms with Crippen molar-refractivity contribution in [2.45, 2.75) is 19.6 Å². The third kappa shape index (κ3) is 5.20. The van der Waals surface area contributed by atoms with E-state index in [9.17, 15) is 22.4 Å². The van der Waals surface area contributed by atoms with Crippen LogP contribution < -0.4 is 9.62 Å². The number of hydrogen-bond acceptors (Lipinski definition) is 6. The molecule has 0 aliphatic rings. The highest BCUT2D eigenvalue weighted by atomic mass is 32.2. The molecule has 5 nitrogen and oxygen atoms in total. The summed E-state index contributed by atoms with van der Waals surface area (Å²) in [5.74, 6) is -1.40. The number of rotatable bonds is 6. The van der Waals surface area contributed by atoms with E-state index < -0.39 is 23.5 Å². The highest BCUT2D eigenvalue weighted by molar-refractivity contribution is 7.97. The van der Waals surface area contributed by atoms with Crippen LogP contribution in [0.1, 0.15) is 32.1 Å². The maximum absolute atomic E-state index is 14.6. The molecule has 0 spiro atoms. The summed E-state index contributed by atoms with van der Waals surface area (Å²) in [6, 6.07) is 10.7. The number of anilines is 2. The Morgan fingerprint density at radius 1 is 1.25 bits per heavy atom. The number of carbonyl (C=O) groups excluding carboxylic acids is 1. The van der Waals surface area contributed by atoms with Gasteiger partial charge in [0.2, 0.25) is 0 Å². The Labute approximate surface area is 189 Å². The van der Waals surface area contributed by atoms with Crippen LogP contribution in [0, 0.1) is 24.1 Å². The van der Waals surface area contributed by atoms with E-state index in [1.165, 1.54) is 11.3 Å². The number of thiazole rings is 1. The number of amides is 1. The molecule has 166 valence electrons. The SMILES string of the molecule is CSNC(=O)c1nc(N(Cc2ccc(C(F)(F)F)cc2F)c2ccc(C#N)cc2)sc1C. The molecule has 0 saturated heterocycles. The van der Waals surface area contributed by atoms with Crippen molar-refractivity contribution in [3.05, 3.63) is 75.5 Å². The van der Waals surface area contributed by atoms with Gasteiger partial charge in [0.15, 0.2) is 5.13 Å². The van der Waals surface area contributed by atoms with Crippen LogP contribution >= 0.6 is 23.3 Å². The number of nitriles is 1. The molecule has 0 bridgehead atoms. The molecule has 1 amide bonds. The number of nitrogens with one attached hydrogen (secondary N) is 1. The molecule has 3 aromatic rings. The summed E-state index contributed by atoms with van der Waals surface area (Å²) in [4.78, 5) is 18.8. The molecule has 0 aliphatic heterocycles. The molecule has 2 aromatic carbocycles. The van der Waals surface area contributed by atoms with Crippen molar-refractivity contribution in [3.8, 4) is 6.07 Å². The fourth-order valence-electron chi connectivity index (χ4n) is 2.86. The number of nitrogens with zero attached hydrogens (tertiary/aromatic N) is 3. The second-order valence-corrected chi connectivity index (χ2v) is 8.38. The molecule has 0 unspecified atom stereocenters. The molecule has 0 atom stereocenters. The van der Waals surface area contributed by atoms with Crippen molar-refractivity contribution in [3.63, 3.8) is 0 Å². The van der Waals surface area contributed by atoms with Crippen LogP contribution in [-0.4, -0.2) is 17.1 Å². The van der Waals surface area contributed by atoms with Gasteiger partial charge in [-0.05, 0) is 43.3 Å². The first-order valence-electron chi connectivity index (χ1n) is 9.08. The largest absolute Gasteiger partial charge is 0.416 e. The fourth-order valence-corrected chi connectivity index (χ4v) is 4.07. The van der Waals surface area contributed by atoms with Crippen LogP contribution in [0.3, 0.4) is 0 Å². The van der Waals surface area contributed by atoms with Gasteiger partial charge in [0.25, 0.3) is 5.91 Å². The summed E-state index contributed by atoms with van der Waals surface area (Å²) in [5, 5.41) is 9.40. The third-order valence-electron chi connectivity index (χ3n) is 4.44. The minimum Gasteiger partial charge on any atom is -0.313 e. The van der Waals surface area contributed by atoms with Crippen LogP contribution in [-0.2, 0) is 12.7 Å². The summed E-state index contributed by atoms with van der Waals surface area (Å²) in [5.41, 5.74) is 0.0830. The smallest absolute Gasteiger partial charge is 0.313 e. The molecule has 1 heterocycles. The maximum Gasteiger partial charge on any atom is 0.416 e. The van der Waals surface area contributed by atoms with Crippen LogP contribution in [0.2, 0.25) is 0 Å². The first kappa shape index (κ1) is 23.6. The van der Waals surface area contributed by atoms with Crippen molar-refractivity contribution < 1.29 is 22.4 Å². The van der Waals surface area contributed by atoms with Gasteiger partial charge in [-0.2, -0.15) is 18.4 Å². The number of alkyl halides is 3. The van der Waals surface area contributed by atoms with Crippen molar-refractivity contribution >= 4 is 40.0 Å². The second kappa shape index (κ2) is 9.58. The van der Waals surface area contributed by atoms with E-state index >= 15 is 0 Å². The van der Waals surface area contributed by atoms with E-state index in [4.69, 9.17) is 5.26 Å². The predicted octanol–water partition coefficient (Wildman–Crippen LogP) is 5.83. The van der Waals surface area contributed by atoms with E-state index in [1.54, 1.807) is 42.3 Å². The second-order valence-electron chi connectivity index (χ2n) is 6.59. The molecule has 0 fully saturated rings. The van der Waals surface area contributed by atoms with Crippen LogP contribution in [0.25, 0.3) is 0 Å². The molecule has 1 aromatic heterocycles. The molecule has 0 radical (unpaired) electrons. The lowest BCUT2D eigenvalue weighted by atomic mass is 10.1. The van der Waals surface area contributed by atoms with Gasteiger partial charge in [-0.1, -0.05) is 18.0 Å². The summed E-state index contributed by atoms with van der Waals surface area (Å²) >= 11 is 2.31. The number of carbonyl (C=O) groups is 1. The van der Waals surface area contributed by atoms with Crippen LogP contribution in [0.5, 0.6) is 0 Å². The van der Waals surface area contributed by atoms with Crippen molar-refractivity contribution in [1.29, 1.82) is 5.26 Å². The molecule has 0 aliphatic carbocycles. The van der Waals surface area contributed by atoms with Gasteiger partial charge in [-0.25, -0.2) is 9.37 Å². The first-order valence-corrected chi connectivity index (χ1v) is 11.1. The molecular formula is C21H16F4N4OS2. The van der Waals surface area contributed by atoms with Gasteiger partial charge in [-0.3, -0.25) is 9.52 Å². The lowest BCUT2D eigenvalue weighted by Gasteiger charge is -2.23. The van der Waals surface area contributed by atoms with Gasteiger partial charge in [0, 0.05) is 22.4 Å². The summed E-state index contributed by atoms with van der Waals surface area (Å²) in [6.07, 6.45) is -2.96. The van der Waals surface area contributed by atoms with Gasteiger partial charge in [-0.15, -0.1) is 11.3 Å². The highest BCUT2D eigenvalue weighted by Gasteiger charge is 2.31. The standard InChI is InChI=1S/C21H16F4N4OS2/c1-12-18(19(30)28-31-2)27-20(32-12)29(16-7-3-13(10-26)4-8-16)11-14-5-6-15(9-17(14)22)21(23,24)25/h3-9H,11H2,1-2H3,(H,28,30). The summed E-state index contributed by atoms with van der Waals surface area (Å²) in [6.45, 7) is 1.58. The number of hydrogen-bond donors (Lipinski definition) is 1. The molecule has 0 saturated carbocycles. The van der Waals surface area contributed by atoms with Gasteiger partial charge < -0.3 is 4.90 Å². The Hall–Kier alpha value is -3.10. The van der Waals surface area contributed by atoms with Gasteiger partial charge >= 0.3 is 6.18 Å². The summed E-state index contributed by atoms with van der Waals surface area (Å²) < 4.78 is 55.8. The maximum atomic E-state index is 14.6. The fraction of sp³-hybridized carbons (Fsp3) is 0.190. The normalized spacial score (nSPS) is 11.2. The lowest BCUT2D eigenvalue weighted by Crippen LogP contribution is -2.19. The van der Waals surface area contributed by atoms with Crippen molar-refractivity contribution in [2.75, 3.05) is 11.2 Å². The Morgan fingerprint density at radius 2 is 1.94 bits per heavy atom. The zero-order valence-electron chi connectivity index (χ0n) is 16.8. The highest BCUT2D eigenvalue weighted by Crippen LogP contribution is 2.35. The molecular weight excluding hydrogens is 464 g/mol. The molecule has 3 rings (SSSR count). The Bertz CT molecular complexity index is 1170. The van der Waals surface area contributed by atoms with Crippen molar-refractivity contribution in [2.24, 2.45) is 0 Å². The van der Waals surface area contributed by atoms with Crippen LogP contribution in [0.4, 0.5) is 28.4 Å². The number of halogens is 4. The van der Waals surface area contributed by atoms with E-state index in [0.29, 0.717) is 27.3 Å². The van der Waals surface area contributed by atoms with Crippen LogP contribution in [0.15, 0.2) is 42.5 Å². The molecule has 1 N–H and O–H groups in total. The average Bonchev–Trinajstić information content (AvgIpc) is 3.14. The van der Waals surface area contributed by atoms with E-state index in [0.717, 1.165) is 24.1 Å². The summed E-state index contributed by atoms with van der Waals surface area (Å²) in [7, 11) is 0.